The van der Waals surface area contributed by atoms with Gasteiger partial charge in [-0.3, -0.25) is 4.79 Å². The number of rotatable bonds is 8. The molecule has 0 aliphatic carbocycles. The van der Waals surface area contributed by atoms with Gasteiger partial charge in [0.1, 0.15) is 9.88 Å². The Bertz CT molecular complexity index is 815. The molecule has 1 N–H and O–H groups in total. The number of amides is 1. The molecule has 0 bridgehead atoms. The fourth-order valence-corrected chi connectivity index (χ4v) is 4.33. The van der Waals surface area contributed by atoms with Crippen LogP contribution in [0.25, 0.3) is 10.6 Å². The maximum absolute atomic E-state index is 12.7. The number of benzene rings is 1. The van der Waals surface area contributed by atoms with Crippen molar-refractivity contribution in [1.29, 1.82) is 0 Å². The van der Waals surface area contributed by atoms with Gasteiger partial charge in [0.15, 0.2) is 11.5 Å². The number of carbonyl (C=O) groups excluding carboxylic acids is 1. The lowest BCUT2D eigenvalue weighted by Gasteiger charge is -2.15. The molecule has 152 valence electrons. The van der Waals surface area contributed by atoms with Gasteiger partial charge in [0.05, 0.1) is 26.0 Å². The molecule has 2 aromatic rings. The number of aryl methyl sites for hydroxylation is 1. The fourth-order valence-electron chi connectivity index (χ4n) is 3.37. The summed E-state index contributed by atoms with van der Waals surface area (Å²) in [6.45, 7) is 4.77. The maximum Gasteiger partial charge on any atom is 0.263 e. The van der Waals surface area contributed by atoms with Gasteiger partial charge in [0.2, 0.25) is 0 Å². The summed E-state index contributed by atoms with van der Waals surface area (Å²) in [4.78, 5) is 18.0. The lowest BCUT2D eigenvalue weighted by atomic mass is 10.1. The predicted molar refractivity (Wildman–Crippen MR) is 111 cm³/mol. The van der Waals surface area contributed by atoms with E-state index >= 15 is 0 Å². The molecule has 1 fully saturated rings. The Kier molecular flexibility index (Phi) is 6.91. The standard InChI is InChI=1S/C21H28N2O4S/c1-13(7-9-16-6-5-11-27-16)22-20(24)19-14(2)23-21(28-19)15-8-10-17(25-3)18(12-15)26-4/h8,10,12-13,16H,5-7,9,11H2,1-4H3,(H,22,24). The third-order valence-corrected chi connectivity index (χ3v) is 6.16. The fraction of sp³-hybridized carbons (Fsp3) is 0.524. The molecular weight excluding hydrogens is 376 g/mol. The van der Waals surface area contributed by atoms with E-state index in [-0.39, 0.29) is 11.9 Å². The summed E-state index contributed by atoms with van der Waals surface area (Å²) in [5, 5.41) is 3.89. The van der Waals surface area contributed by atoms with E-state index in [1.54, 1.807) is 14.2 Å². The first-order valence-corrected chi connectivity index (χ1v) is 10.5. The van der Waals surface area contributed by atoms with Crippen LogP contribution in [0.3, 0.4) is 0 Å². The van der Waals surface area contributed by atoms with Gasteiger partial charge in [-0.05, 0) is 57.7 Å². The molecule has 2 unspecified atom stereocenters. The zero-order valence-electron chi connectivity index (χ0n) is 16.9. The number of thiazole rings is 1. The third-order valence-electron chi connectivity index (χ3n) is 4.96. The molecule has 0 saturated carbocycles. The Morgan fingerprint density at radius 3 is 2.82 bits per heavy atom. The van der Waals surface area contributed by atoms with Crippen molar-refractivity contribution in [2.75, 3.05) is 20.8 Å². The average molecular weight is 405 g/mol. The smallest absolute Gasteiger partial charge is 0.263 e. The van der Waals surface area contributed by atoms with E-state index in [2.05, 4.69) is 10.3 Å². The van der Waals surface area contributed by atoms with Crippen LogP contribution in [0.4, 0.5) is 0 Å². The van der Waals surface area contributed by atoms with E-state index < -0.39 is 0 Å². The van der Waals surface area contributed by atoms with Gasteiger partial charge in [-0.15, -0.1) is 11.3 Å². The molecular formula is C21H28N2O4S. The van der Waals surface area contributed by atoms with E-state index in [0.29, 0.717) is 22.5 Å². The number of hydrogen-bond donors (Lipinski definition) is 1. The monoisotopic (exact) mass is 404 g/mol. The number of aromatic nitrogens is 1. The van der Waals surface area contributed by atoms with Crippen molar-refractivity contribution in [3.05, 3.63) is 28.8 Å². The summed E-state index contributed by atoms with van der Waals surface area (Å²) < 4.78 is 16.3. The van der Waals surface area contributed by atoms with E-state index in [1.807, 2.05) is 32.0 Å². The lowest BCUT2D eigenvalue weighted by Crippen LogP contribution is -2.33. The van der Waals surface area contributed by atoms with Gasteiger partial charge in [-0.25, -0.2) is 4.98 Å². The van der Waals surface area contributed by atoms with Crippen LogP contribution < -0.4 is 14.8 Å². The summed E-state index contributed by atoms with van der Waals surface area (Å²) in [6.07, 6.45) is 4.52. The van der Waals surface area contributed by atoms with Crippen LogP contribution in [0.15, 0.2) is 18.2 Å². The maximum atomic E-state index is 12.7. The molecule has 1 saturated heterocycles. The Labute approximate surface area is 170 Å². The van der Waals surface area contributed by atoms with Gasteiger partial charge in [0.25, 0.3) is 5.91 Å². The molecule has 2 atom stereocenters. The first kappa shape index (κ1) is 20.6. The second-order valence-electron chi connectivity index (χ2n) is 7.09. The molecule has 1 aromatic heterocycles. The van der Waals surface area contributed by atoms with Crippen LogP contribution in [0, 0.1) is 6.92 Å². The van der Waals surface area contributed by atoms with Gasteiger partial charge in [-0.1, -0.05) is 0 Å². The Balaban J connectivity index is 1.66. The normalized spacial score (nSPS) is 17.4. The minimum atomic E-state index is -0.0680. The third kappa shape index (κ3) is 4.83. The van der Waals surface area contributed by atoms with E-state index in [4.69, 9.17) is 14.2 Å². The van der Waals surface area contributed by atoms with Crippen molar-refractivity contribution >= 4 is 17.2 Å². The minimum Gasteiger partial charge on any atom is -0.493 e. The molecule has 1 aromatic carbocycles. The lowest BCUT2D eigenvalue weighted by molar-refractivity contribution is 0.0902. The Hall–Kier alpha value is -2.12. The zero-order valence-corrected chi connectivity index (χ0v) is 17.7. The van der Waals surface area contributed by atoms with E-state index in [0.717, 1.165) is 48.6 Å². The van der Waals surface area contributed by atoms with E-state index in [9.17, 15) is 4.79 Å². The predicted octanol–water partition coefficient (Wildman–Crippen LogP) is 4.21. The minimum absolute atomic E-state index is 0.0680. The molecule has 0 radical (unpaired) electrons. The van der Waals surface area contributed by atoms with Crippen molar-refractivity contribution in [1.82, 2.24) is 10.3 Å². The highest BCUT2D eigenvalue weighted by Gasteiger charge is 2.20. The average Bonchev–Trinajstić information content (AvgIpc) is 3.35. The molecule has 2 heterocycles. The molecule has 0 spiro atoms. The number of carbonyl (C=O) groups is 1. The second-order valence-corrected chi connectivity index (χ2v) is 8.09. The van der Waals surface area contributed by atoms with Gasteiger partial charge < -0.3 is 19.5 Å². The highest BCUT2D eigenvalue weighted by Crippen LogP contribution is 2.35. The number of methoxy groups -OCH3 is 2. The summed E-state index contributed by atoms with van der Waals surface area (Å²) in [5.74, 6) is 1.24. The van der Waals surface area contributed by atoms with Crippen molar-refractivity contribution in [3.8, 4) is 22.1 Å². The van der Waals surface area contributed by atoms with Crippen LogP contribution in [0.2, 0.25) is 0 Å². The Morgan fingerprint density at radius 2 is 2.14 bits per heavy atom. The zero-order chi connectivity index (χ0) is 20.1. The Morgan fingerprint density at radius 1 is 1.36 bits per heavy atom. The molecule has 7 heteroatoms. The van der Waals surface area contributed by atoms with Crippen molar-refractivity contribution in [2.24, 2.45) is 0 Å². The quantitative estimate of drug-likeness (QED) is 0.714. The second kappa shape index (κ2) is 9.39. The number of hydrogen-bond acceptors (Lipinski definition) is 6. The summed E-state index contributed by atoms with van der Waals surface area (Å²) in [7, 11) is 3.21. The molecule has 1 aliphatic heterocycles. The van der Waals surface area contributed by atoms with Crippen LogP contribution in [-0.4, -0.2) is 43.9 Å². The molecule has 1 aliphatic rings. The van der Waals surface area contributed by atoms with Gasteiger partial charge >= 0.3 is 0 Å². The molecule has 3 rings (SSSR count). The van der Waals surface area contributed by atoms with Crippen LogP contribution in [-0.2, 0) is 4.74 Å². The first-order valence-electron chi connectivity index (χ1n) is 9.64. The summed E-state index contributed by atoms with van der Waals surface area (Å²) in [6, 6.07) is 5.74. The van der Waals surface area contributed by atoms with Crippen molar-refractivity contribution < 1.29 is 19.0 Å². The first-order chi connectivity index (χ1) is 13.5. The van der Waals surface area contributed by atoms with Crippen LogP contribution in [0.1, 0.15) is 48.0 Å². The largest absolute Gasteiger partial charge is 0.493 e. The number of ether oxygens (including phenoxy) is 3. The van der Waals surface area contributed by atoms with Crippen LogP contribution in [0.5, 0.6) is 11.5 Å². The summed E-state index contributed by atoms with van der Waals surface area (Å²) in [5.41, 5.74) is 1.63. The molecule has 1 amide bonds. The van der Waals surface area contributed by atoms with E-state index in [1.165, 1.54) is 11.3 Å². The van der Waals surface area contributed by atoms with Crippen LogP contribution >= 0.6 is 11.3 Å². The number of nitrogens with one attached hydrogen (secondary N) is 1. The molecule has 28 heavy (non-hydrogen) atoms. The number of nitrogens with zero attached hydrogens (tertiary/aromatic N) is 1. The van der Waals surface area contributed by atoms with Crippen molar-refractivity contribution in [2.45, 2.75) is 51.7 Å². The topological polar surface area (TPSA) is 69.7 Å². The van der Waals surface area contributed by atoms with Gasteiger partial charge in [-0.2, -0.15) is 0 Å². The summed E-state index contributed by atoms with van der Waals surface area (Å²) >= 11 is 1.39. The van der Waals surface area contributed by atoms with Crippen molar-refractivity contribution in [3.63, 3.8) is 0 Å². The molecule has 6 nitrogen and oxygen atoms in total. The SMILES string of the molecule is COc1ccc(-c2nc(C)c(C(=O)NC(C)CCC3CCCO3)s2)cc1OC. The highest BCUT2D eigenvalue weighted by atomic mass is 32.1. The highest BCUT2D eigenvalue weighted by molar-refractivity contribution is 7.17. The van der Waals surface area contributed by atoms with Gasteiger partial charge in [0, 0.05) is 18.2 Å².